The maximum atomic E-state index is 4.01. The quantitative estimate of drug-likeness (QED) is 0.693. The molecule has 0 saturated heterocycles. The molecule has 0 radical (unpaired) electrons. The SMILES string of the molecule is C1=CC(=C2C=CN=N2)N=N1.c1ccc2cnccc2c1. The first-order valence-corrected chi connectivity index (χ1v) is 6.11. The van der Waals surface area contributed by atoms with Gasteiger partial charge in [-0.25, -0.2) is 0 Å². The predicted octanol–water partition coefficient (Wildman–Crippen LogP) is 4.39. The summed E-state index contributed by atoms with van der Waals surface area (Å²) in [6.07, 6.45) is 10.5. The van der Waals surface area contributed by atoms with Crippen LogP contribution in [-0.4, -0.2) is 4.98 Å². The lowest BCUT2D eigenvalue weighted by molar-refractivity contribution is 1.15. The van der Waals surface area contributed by atoms with E-state index in [-0.39, 0.29) is 0 Å². The third kappa shape index (κ3) is 2.72. The van der Waals surface area contributed by atoms with Crippen molar-refractivity contribution in [1.29, 1.82) is 0 Å². The molecule has 0 spiro atoms. The highest BCUT2D eigenvalue weighted by Crippen LogP contribution is 2.19. The molecule has 0 N–H and O–H groups in total. The van der Waals surface area contributed by atoms with E-state index in [1.807, 2.05) is 30.6 Å². The summed E-state index contributed by atoms with van der Waals surface area (Å²) in [5, 5.41) is 17.4. The van der Waals surface area contributed by atoms with E-state index in [0.717, 1.165) is 11.4 Å². The molecule has 0 saturated carbocycles. The second-order valence-electron chi connectivity index (χ2n) is 4.06. The van der Waals surface area contributed by atoms with Crippen molar-refractivity contribution in [3.63, 3.8) is 0 Å². The average molecular weight is 261 g/mol. The molecule has 3 heterocycles. The van der Waals surface area contributed by atoms with Gasteiger partial charge in [0.05, 0.1) is 12.4 Å². The van der Waals surface area contributed by atoms with Gasteiger partial charge in [-0.05, 0) is 29.0 Å². The molecule has 1 aromatic carbocycles. The van der Waals surface area contributed by atoms with Gasteiger partial charge < -0.3 is 0 Å². The van der Waals surface area contributed by atoms with Crippen LogP contribution in [0.15, 0.2) is 99.1 Å². The summed E-state index contributed by atoms with van der Waals surface area (Å²) in [4.78, 5) is 4.01. The van der Waals surface area contributed by atoms with Crippen molar-refractivity contribution in [2.75, 3.05) is 0 Å². The Kier molecular flexibility index (Phi) is 3.51. The number of nitrogens with zero attached hydrogens (tertiary/aromatic N) is 5. The van der Waals surface area contributed by atoms with Crippen LogP contribution >= 0.6 is 0 Å². The Morgan fingerprint density at radius 2 is 1.35 bits per heavy atom. The smallest absolute Gasteiger partial charge is 0.115 e. The van der Waals surface area contributed by atoms with E-state index in [2.05, 4.69) is 37.6 Å². The monoisotopic (exact) mass is 261 g/mol. The van der Waals surface area contributed by atoms with Gasteiger partial charge in [0, 0.05) is 12.4 Å². The first-order chi connectivity index (χ1) is 9.93. The van der Waals surface area contributed by atoms with Gasteiger partial charge in [0.15, 0.2) is 0 Å². The minimum Gasteiger partial charge on any atom is -0.264 e. The van der Waals surface area contributed by atoms with Gasteiger partial charge in [-0.2, -0.15) is 10.2 Å². The van der Waals surface area contributed by atoms with Crippen molar-refractivity contribution in [3.05, 3.63) is 78.7 Å². The normalized spacial score (nSPS) is 18.6. The van der Waals surface area contributed by atoms with Gasteiger partial charge in [-0.15, -0.1) is 10.2 Å². The number of pyridine rings is 1. The van der Waals surface area contributed by atoms with Crippen molar-refractivity contribution >= 4 is 10.8 Å². The minimum absolute atomic E-state index is 0.775. The second-order valence-corrected chi connectivity index (χ2v) is 4.06. The van der Waals surface area contributed by atoms with Crippen LogP contribution in [0.3, 0.4) is 0 Å². The van der Waals surface area contributed by atoms with Gasteiger partial charge in [-0.3, -0.25) is 4.98 Å². The van der Waals surface area contributed by atoms with Crippen LogP contribution < -0.4 is 0 Å². The molecule has 0 bridgehead atoms. The molecule has 5 heteroatoms. The Labute approximate surface area is 115 Å². The molecule has 2 aliphatic heterocycles. The summed E-state index contributed by atoms with van der Waals surface area (Å²) in [7, 11) is 0. The van der Waals surface area contributed by atoms with Gasteiger partial charge in [0.2, 0.25) is 0 Å². The van der Waals surface area contributed by atoms with Crippen LogP contribution in [-0.2, 0) is 0 Å². The van der Waals surface area contributed by atoms with Crippen molar-refractivity contribution in [1.82, 2.24) is 4.98 Å². The van der Waals surface area contributed by atoms with E-state index in [4.69, 9.17) is 0 Å². The van der Waals surface area contributed by atoms with Crippen LogP contribution in [0.4, 0.5) is 0 Å². The summed E-state index contributed by atoms with van der Waals surface area (Å²) in [6.45, 7) is 0. The highest BCUT2D eigenvalue weighted by Gasteiger charge is 2.04. The molecule has 2 aromatic rings. The lowest BCUT2D eigenvalue weighted by atomic mass is 10.2. The number of hydrogen-bond donors (Lipinski definition) is 0. The number of azo groups is 2. The van der Waals surface area contributed by atoms with Crippen LogP contribution in [0.1, 0.15) is 0 Å². The molecule has 20 heavy (non-hydrogen) atoms. The van der Waals surface area contributed by atoms with Crippen molar-refractivity contribution in [2.45, 2.75) is 0 Å². The number of hydrogen-bond acceptors (Lipinski definition) is 5. The van der Waals surface area contributed by atoms with Crippen LogP contribution in [0.5, 0.6) is 0 Å². The summed E-state index contributed by atoms with van der Waals surface area (Å²) >= 11 is 0. The van der Waals surface area contributed by atoms with Gasteiger partial charge in [0.25, 0.3) is 0 Å². The molecule has 0 unspecified atom stereocenters. The second kappa shape index (κ2) is 5.79. The summed E-state index contributed by atoms with van der Waals surface area (Å²) in [6, 6.07) is 10.2. The summed E-state index contributed by atoms with van der Waals surface area (Å²) < 4.78 is 0. The minimum atomic E-state index is 0.775. The Morgan fingerprint density at radius 1 is 0.700 bits per heavy atom. The van der Waals surface area contributed by atoms with E-state index < -0.39 is 0 Å². The van der Waals surface area contributed by atoms with Gasteiger partial charge in [-0.1, -0.05) is 24.3 Å². The van der Waals surface area contributed by atoms with Crippen LogP contribution in [0.25, 0.3) is 10.8 Å². The first kappa shape index (κ1) is 12.1. The summed E-state index contributed by atoms with van der Waals surface area (Å²) in [5.74, 6) is 0. The van der Waals surface area contributed by atoms with Crippen molar-refractivity contribution in [3.8, 4) is 0 Å². The van der Waals surface area contributed by atoms with Crippen LogP contribution in [0.2, 0.25) is 0 Å². The molecule has 1 aromatic heterocycles. The van der Waals surface area contributed by atoms with Crippen molar-refractivity contribution in [2.24, 2.45) is 20.5 Å². The Bertz CT molecular complexity index is 645. The third-order valence-electron chi connectivity index (χ3n) is 2.74. The molecule has 4 rings (SSSR count). The number of benzene rings is 1. The zero-order valence-corrected chi connectivity index (χ0v) is 10.6. The molecule has 5 nitrogen and oxygen atoms in total. The lowest BCUT2D eigenvalue weighted by Gasteiger charge is -1.91. The lowest BCUT2D eigenvalue weighted by Crippen LogP contribution is -1.72. The standard InChI is InChI=1S/C9H7N.C6H4N4/c1-2-4-9-7-10-6-5-8(9)3-1;1-3-7-9-5(1)6-2-4-8-10-6/h1-7H;1-4H. The molecule has 0 aliphatic carbocycles. The maximum Gasteiger partial charge on any atom is 0.115 e. The molecular weight excluding hydrogens is 250 g/mol. The van der Waals surface area contributed by atoms with Crippen molar-refractivity contribution < 1.29 is 0 Å². The molecule has 0 amide bonds. The Hall–Kier alpha value is -2.95. The molecule has 0 fully saturated rings. The zero-order valence-electron chi connectivity index (χ0n) is 10.6. The molecule has 2 aliphatic rings. The number of allylic oxidation sites excluding steroid dienone is 2. The Morgan fingerprint density at radius 3 is 1.90 bits per heavy atom. The van der Waals surface area contributed by atoms with E-state index in [0.29, 0.717) is 0 Å². The number of aromatic nitrogens is 1. The Balaban J connectivity index is 0.000000121. The van der Waals surface area contributed by atoms with E-state index >= 15 is 0 Å². The van der Waals surface area contributed by atoms with Gasteiger partial charge in [0.1, 0.15) is 11.4 Å². The highest BCUT2D eigenvalue weighted by atomic mass is 15.2. The van der Waals surface area contributed by atoms with E-state index in [1.165, 1.54) is 10.8 Å². The van der Waals surface area contributed by atoms with E-state index in [1.54, 1.807) is 24.6 Å². The number of fused-ring (bicyclic) bond motifs is 1. The fourth-order valence-corrected chi connectivity index (χ4v) is 1.77. The average Bonchev–Trinajstić information content (AvgIpc) is 3.20. The first-order valence-electron chi connectivity index (χ1n) is 6.11. The molecular formula is C15H11N5. The zero-order chi connectivity index (χ0) is 13.6. The molecule has 96 valence electrons. The van der Waals surface area contributed by atoms with Crippen LogP contribution in [0, 0.1) is 0 Å². The number of rotatable bonds is 0. The third-order valence-corrected chi connectivity index (χ3v) is 2.74. The molecule has 0 atom stereocenters. The summed E-state index contributed by atoms with van der Waals surface area (Å²) in [5.41, 5.74) is 1.55. The van der Waals surface area contributed by atoms with Gasteiger partial charge >= 0.3 is 0 Å². The predicted molar refractivity (Wildman–Crippen MR) is 76.8 cm³/mol. The fourth-order valence-electron chi connectivity index (χ4n) is 1.77. The maximum absolute atomic E-state index is 4.01. The van der Waals surface area contributed by atoms with E-state index in [9.17, 15) is 0 Å². The topological polar surface area (TPSA) is 62.3 Å². The largest absolute Gasteiger partial charge is 0.264 e. The highest BCUT2D eigenvalue weighted by molar-refractivity contribution is 5.80. The fraction of sp³-hybridized carbons (Fsp3) is 0.